The Morgan fingerprint density at radius 1 is 1.03 bits per heavy atom. The molecule has 4 amide bonds. The molecule has 3 aromatic carbocycles. The second-order valence-corrected chi connectivity index (χ2v) is 8.33. The molecule has 1 heterocycles. The number of ether oxygens (including phenoxy) is 1. The number of benzene rings is 3. The molecule has 7 nitrogen and oxygen atoms in total. The number of urea groups is 1. The lowest BCUT2D eigenvalue weighted by atomic mass is 9.92. The lowest BCUT2D eigenvalue weighted by Crippen LogP contribution is -2.42. The average molecular weight is 494 g/mol. The van der Waals surface area contributed by atoms with Gasteiger partial charge in [-0.3, -0.25) is 14.5 Å². The Bertz CT molecular complexity index is 1180. The van der Waals surface area contributed by atoms with Crippen molar-refractivity contribution in [3.63, 3.8) is 0 Å². The zero-order valence-corrected chi connectivity index (χ0v) is 18.8. The van der Waals surface area contributed by atoms with Gasteiger partial charge in [0.2, 0.25) is 5.91 Å². The van der Waals surface area contributed by atoms with Crippen LogP contribution in [0.5, 0.6) is 11.5 Å². The summed E-state index contributed by atoms with van der Waals surface area (Å²) in [4.78, 5) is 39.2. The van der Waals surface area contributed by atoms with E-state index in [1.54, 1.807) is 61.5 Å². The van der Waals surface area contributed by atoms with Crippen molar-refractivity contribution in [2.24, 2.45) is 0 Å². The quantitative estimate of drug-likeness (QED) is 0.489. The SMILES string of the molecule is CC1(c2cccc(Br)c2)NC(=O)N(CC(=O)Nc2ccccc2Oc2ccccc2)C1=O. The van der Waals surface area contributed by atoms with Crippen molar-refractivity contribution in [1.29, 1.82) is 0 Å². The summed E-state index contributed by atoms with van der Waals surface area (Å²) in [6.07, 6.45) is 0. The third-order valence-electron chi connectivity index (χ3n) is 5.11. The Morgan fingerprint density at radius 2 is 1.75 bits per heavy atom. The third kappa shape index (κ3) is 4.36. The van der Waals surface area contributed by atoms with E-state index in [9.17, 15) is 14.4 Å². The molecule has 0 aliphatic carbocycles. The first-order valence-corrected chi connectivity index (χ1v) is 10.7. The summed E-state index contributed by atoms with van der Waals surface area (Å²) in [5, 5.41) is 5.43. The van der Waals surface area contributed by atoms with Crippen LogP contribution in [0.25, 0.3) is 0 Å². The zero-order chi connectivity index (χ0) is 22.7. The molecule has 0 spiro atoms. The van der Waals surface area contributed by atoms with E-state index in [0.29, 0.717) is 22.7 Å². The van der Waals surface area contributed by atoms with Crippen LogP contribution in [0.4, 0.5) is 10.5 Å². The van der Waals surface area contributed by atoms with Gasteiger partial charge in [-0.2, -0.15) is 0 Å². The van der Waals surface area contributed by atoms with Gasteiger partial charge in [0.1, 0.15) is 17.8 Å². The largest absolute Gasteiger partial charge is 0.455 e. The molecule has 1 saturated heterocycles. The Hall–Kier alpha value is -3.65. The van der Waals surface area contributed by atoms with Gasteiger partial charge in [0, 0.05) is 4.47 Å². The fourth-order valence-electron chi connectivity index (χ4n) is 3.44. The zero-order valence-electron chi connectivity index (χ0n) is 17.2. The number of halogens is 1. The van der Waals surface area contributed by atoms with Crippen molar-refractivity contribution in [3.8, 4) is 11.5 Å². The number of carbonyl (C=O) groups excluding carboxylic acids is 3. The summed E-state index contributed by atoms with van der Waals surface area (Å²) in [7, 11) is 0. The van der Waals surface area contributed by atoms with Crippen LogP contribution in [-0.2, 0) is 15.1 Å². The number of nitrogens with one attached hydrogen (secondary N) is 2. The lowest BCUT2D eigenvalue weighted by molar-refractivity contribution is -0.133. The van der Waals surface area contributed by atoms with E-state index in [1.807, 2.05) is 24.3 Å². The Kier molecular flexibility index (Phi) is 5.96. The first-order chi connectivity index (χ1) is 15.4. The van der Waals surface area contributed by atoms with Gasteiger partial charge >= 0.3 is 6.03 Å². The van der Waals surface area contributed by atoms with Crippen LogP contribution in [0.3, 0.4) is 0 Å². The summed E-state index contributed by atoms with van der Waals surface area (Å²) >= 11 is 3.38. The molecule has 32 heavy (non-hydrogen) atoms. The number of amides is 4. The Balaban J connectivity index is 1.48. The molecule has 8 heteroatoms. The third-order valence-corrected chi connectivity index (χ3v) is 5.60. The van der Waals surface area contributed by atoms with Crippen molar-refractivity contribution < 1.29 is 19.1 Å². The Labute approximate surface area is 193 Å². The number of hydrogen-bond acceptors (Lipinski definition) is 4. The maximum absolute atomic E-state index is 13.1. The van der Waals surface area contributed by atoms with Crippen molar-refractivity contribution in [2.45, 2.75) is 12.5 Å². The van der Waals surface area contributed by atoms with Crippen molar-refractivity contribution in [2.75, 3.05) is 11.9 Å². The fraction of sp³-hybridized carbons (Fsp3) is 0.125. The van der Waals surface area contributed by atoms with Crippen molar-refractivity contribution >= 4 is 39.5 Å². The maximum Gasteiger partial charge on any atom is 0.325 e. The van der Waals surface area contributed by atoms with E-state index in [4.69, 9.17) is 4.74 Å². The number of rotatable bonds is 6. The second-order valence-electron chi connectivity index (χ2n) is 7.42. The molecule has 1 fully saturated rings. The molecule has 162 valence electrons. The smallest absolute Gasteiger partial charge is 0.325 e. The van der Waals surface area contributed by atoms with Gasteiger partial charge in [0.25, 0.3) is 5.91 Å². The number of hydrogen-bond donors (Lipinski definition) is 2. The summed E-state index contributed by atoms with van der Waals surface area (Å²) in [5.74, 6) is 0.0528. The Morgan fingerprint density at radius 3 is 2.50 bits per heavy atom. The minimum Gasteiger partial charge on any atom is -0.455 e. The summed E-state index contributed by atoms with van der Waals surface area (Å²) in [6.45, 7) is 1.20. The van der Waals surface area contributed by atoms with Gasteiger partial charge < -0.3 is 15.4 Å². The highest BCUT2D eigenvalue weighted by atomic mass is 79.9. The fourth-order valence-corrected chi connectivity index (χ4v) is 3.84. The standard InChI is InChI=1S/C24H20BrN3O4/c1-24(16-8-7-9-17(25)14-16)22(30)28(23(31)27-24)15-21(29)26-19-12-5-6-13-20(19)32-18-10-3-2-4-11-18/h2-14H,15H2,1H3,(H,26,29)(H,27,31). The maximum atomic E-state index is 13.1. The normalized spacial score (nSPS) is 17.8. The number of para-hydroxylation sites is 3. The van der Waals surface area contributed by atoms with Gasteiger partial charge in [-0.15, -0.1) is 0 Å². The minimum atomic E-state index is -1.25. The lowest BCUT2D eigenvalue weighted by Gasteiger charge is -2.22. The number of imide groups is 1. The van der Waals surface area contributed by atoms with E-state index in [2.05, 4.69) is 26.6 Å². The number of nitrogens with zero attached hydrogens (tertiary/aromatic N) is 1. The van der Waals surface area contributed by atoms with E-state index >= 15 is 0 Å². The van der Waals surface area contributed by atoms with Gasteiger partial charge in [-0.05, 0) is 48.9 Å². The molecule has 0 aromatic heterocycles. The highest BCUT2D eigenvalue weighted by Crippen LogP contribution is 2.31. The van der Waals surface area contributed by atoms with Gasteiger partial charge in [0.15, 0.2) is 5.75 Å². The summed E-state index contributed by atoms with van der Waals surface area (Å²) in [5.41, 5.74) is -0.201. The monoisotopic (exact) mass is 493 g/mol. The molecule has 0 radical (unpaired) electrons. The number of anilines is 1. The molecule has 0 saturated carbocycles. The van der Waals surface area contributed by atoms with E-state index in [0.717, 1.165) is 9.37 Å². The van der Waals surface area contributed by atoms with Crippen molar-refractivity contribution in [1.82, 2.24) is 10.2 Å². The van der Waals surface area contributed by atoms with E-state index in [1.165, 1.54) is 0 Å². The molecule has 1 aliphatic heterocycles. The minimum absolute atomic E-state index is 0.423. The first-order valence-electron chi connectivity index (χ1n) is 9.89. The van der Waals surface area contributed by atoms with Gasteiger partial charge in [0.05, 0.1) is 5.69 Å². The molecule has 1 atom stereocenters. The molecule has 4 rings (SSSR count). The van der Waals surface area contributed by atoms with Crippen LogP contribution in [-0.4, -0.2) is 29.3 Å². The molecular weight excluding hydrogens is 474 g/mol. The highest BCUT2D eigenvalue weighted by Gasteiger charge is 2.49. The van der Waals surface area contributed by atoms with Crippen molar-refractivity contribution in [3.05, 3.63) is 88.9 Å². The topological polar surface area (TPSA) is 87.7 Å². The van der Waals surface area contributed by atoms with Gasteiger partial charge in [-0.25, -0.2) is 4.79 Å². The molecule has 2 N–H and O–H groups in total. The van der Waals surface area contributed by atoms with Crippen LogP contribution in [0.2, 0.25) is 0 Å². The van der Waals surface area contributed by atoms with Crippen LogP contribution in [0.1, 0.15) is 12.5 Å². The average Bonchev–Trinajstić information content (AvgIpc) is 3.00. The van der Waals surface area contributed by atoms with Crippen LogP contribution in [0, 0.1) is 0 Å². The van der Waals surface area contributed by atoms with E-state index < -0.39 is 29.9 Å². The van der Waals surface area contributed by atoms with Crippen LogP contribution in [0.15, 0.2) is 83.3 Å². The highest BCUT2D eigenvalue weighted by molar-refractivity contribution is 9.10. The first kappa shape index (κ1) is 21.6. The summed E-state index contributed by atoms with van der Waals surface area (Å²) < 4.78 is 6.63. The van der Waals surface area contributed by atoms with E-state index in [-0.39, 0.29) is 0 Å². The molecule has 0 bridgehead atoms. The molecule has 1 unspecified atom stereocenters. The summed E-state index contributed by atoms with van der Waals surface area (Å²) in [6, 6.07) is 22.6. The van der Waals surface area contributed by atoms with Gasteiger partial charge in [-0.1, -0.05) is 58.4 Å². The van der Waals surface area contributed by atoms with Crippen LogP contribution >= 0.6 is 15.9 Å². The van der Waals surface area contributed by atoms with Crippen LogP contribution < -0.4 is 15.4 Å². The predicted octanol–water partition coefficient (Wildman–Crippen LogP) is 4.65. The molecular formula is C24H20BrN3O4. The predicted molar refractivity (Wildman–Crippen MR) is 123 cm³/mol. The second kappa shape index (κ2) is 8.84. The molecule has 3 aromatic rings. The number of carbonyl (C=O) groups is 3. The molecule has 1 aliphatic rings.